The summed E-state index contributed by atoms with van der Waals surface area (Å²) in [5.41, 5.74) is 1.11. The third-order valence-corrected chi connectivity index (χ3v) is 4.89. The van der Waals surface area contributed by atoms with Crippen LogP contribution >= 0.6 is 0 Å². The molecule has 0 saturated heterocycles. The third-order valence-electron chi connectivity index (χ3n) is 4.89. The second kappa shape index (κ2) is 4.87. The molecule has 0 bridgehead atoms. The van der Waals surface area contributed by atoms with Crippen molar-refractivity contribution in [2.45, 2.75) is 40.0 Å². The van der Waals surface area contributed by atoms with Crippen molar-refractivity contribution in [3.8, 4) is 0 Å². The maximum atomic E-state index is 12.2. The summed E-state index contributed by atoms with van der Waals surface area (Å²) in [7, 11) is 0. The maximum absolute atomic E-state index is 12.2. The average molecular weight is 251 g/mol. The molecule has 0 aliphatic heterocycles. The second-order valence-corrected chi connectivity index (χ2v) is 6.13. The van der Waals surface area contributed by atoms with Crippen LogP contribution in [-0.4, -0.2) is 16.9 Å². The molecule has 0 aromatic rings. The van der Waals surface area contributed by atoms with Crippen molar-refractivity contribution in [1.82, 2.24) is 0 Å². The van der Waals surface area contributed by atoms with Crippen LogP contribution in [0.5, 0.6) is 0 Å². The molecule has 2 rings (SSSR count). The molecule has 2 aliphatic carbocycles. The lowest BCUT2D eigenvalue weighted by Crippen LogP contribution is -2.43. The quantitative estimate of drug-likeness (QED) is 0.768. The summed E-state index contributed by atoms with van der Waals surface area (Å²) >= 11 is 0. The van der Waals surface area contributed by atoms with Gasteiger partial charge in [-0.2, -0.15) is 0 Å². The first-order valence-corrected chi connectivity index (χ1v) is 6.85. The fourth-order valence-electron chi connectivity index (χ4n) is 3.88. The minimum absolute atomic E-state index is 0.0502. The number of aliphatic carboxylic acids is 1. The molecule has 0 aromatic carbocycles. The Kier molecular flexibility index (Phi) is 3.60. The smallest absolute Gasteiger partial charge is 0.306 e. The zero-order valence-corrected chi connectivity index (χ0v) is 11.3. The first-order chi connectivity index (χ1) is 8.41. The Labute approximate surface area is 108 Å². The first-order valence-electron chi connectivity index (χ1n) is 6.85. The number of carboxylic acids is 1. The van der Waals surface area contributed by atoms with Gasteiger partial charge in [-0.1, -0.05) is 19.4 Å². The van der Waals surface area contributed by atoms with Gasteiger partial charge in [-0.3, -0.25) is 9.59 Å². The summed E-state index contributed by atoms with van der Waals surface area (Å²) < 4.78 is 0. The molecule has 0 aromatic heterocycles. The van der Waals surface area contributed by atoms with E-state index in [1.807, 2.05) is 6.92 Å². The molecule has 1 N–H and O–H groups in total. The Bertz CT molecular complexity index is 397. The minimum Gasteiger partial charge on any atom is -0.481 e. The normalized spacial score (nSPS) is 37.7. The summed E-state index contributed by atoms with van der Waals surface area (Å²) in [6.45, 7) is 5.90. The van der Waals surface area contributed by atoms with Crippen LogP contribution < -0.4 is 0 Å². The zero-order valence-electron chi connectivity index (χ0n) is 11.3. The van der Waals surface area contributed by atoms with Crippen LogP contribution in [0.3, 0.4) is 0 Å². The number of carbonyl (C=O) groups excluding carboxylic acids is 1. The van der Waals surface area contributed by atoms with Crippen molar-refractivity contribution >= 4 is 11.8 Å². The summed E-state index contributed by atoms with van der Waals surface area (Å²) in [4.78, 5) is 23.4. The summed E-state index contributed by atoms with van der Waals surface area (Å²) in [6, 6.07) is 0. The highest BCUT2D eigenvalue weighted by Crippen LogP contribution is 2.47. The standard InChI is InChI=1S/C15H22O3/c1-8-6-12-11(10(3)15(17)18)5-4-9(2)14(12)13(16)7-8/h7,9-12,14H,4-6H2,1-3H3,(H,17,18)/t9-,10-,11+,12-,14+/m1/s1/i1+1. The molecular weight excluding hydrogens is 229 g/mol. The number of carbonyl (C=O) groups is 2. The lowest BCUT2D eigenvalue weighted by molar-refractivity contribution is -0.146. The number of allylic oxidation sites excluding steroid dienone is 2. The molecular formula is C15H22O3. The summed E-state index contributed by atoms with van der Waals surface area (Å²) in [6.07, 6.45) is 4.58. The van der Waals surface area contributed by atoms with E-state index in [4.69, 9.17) is 0 Å². The van der Waals surface area contributed by atoms with E-state index in [1.165, 1.54) is 0 Å². The Morgan fingerprint density at radius 3 is 2.72 bits per heavy atom. The molecule has 5 atom stereocenters. The van der Waals surface area contributed by atoms with Crippen LogP contribution in [0.1, 0.15) is 40.0 Å². The largest absolute Gasteiger partial charge is 0.481 e. The van der Waals surface area contributed by atoms with Gasteiger partial charge in [0.25, 0.3) is 0 Å². The zero-order chi connectivity index (χ0) is 13.4. The fourth-order valence-corrected chi connectivity index (χ4v) is 3.88. The van der Waals surface area contributed by atoms with Crippen molar-refractivity contribution in [2.75, 3.05) is 0 Å². The molecule has 0 amide bonds. The van der Waals surface area contributed by atoms with E-state index in [2.05, 4.69) is 6.92 Å². The molecule has 0 unspecified atom stereocenters. The van der Waals surface area contributed by atoms with Crippen molar-refractivity contribution in [3.05, 3.63) is 11.6 Å². The second-order valence-electron chi connectivity index (χ2n) is 6.13. The van der Waals surface area contributed by atoms with Gasteiger partial charge in [-0.05, 0) is 50.0 Å². The van der Waals surface area contributed by atoms with E-state index in [9.17, 15) is 14.7 Å². The van der Waals surface area contributed by atoms with Crippen LogP contribution in [0.15, 0.2) is 11.6 Å². The highest BCUT2D eigenvalue weighted by Gasteiger charge is 2.45. The molecule has 3 heteroatoms. The van der Waals surface area contributed by atoms with Crippen LogP contribution in [-0.2, 0) is 9.59 Å². The number of carboxylic acid groups (broad SMARTS) is 1. The van der Waals surface area contributed by atoms with Gasteiger partial charge in [0.1, 0.15) is 0 Å². The predicted molar refractivity (Wildman–Crippen MR) is 69.0 cm³/mol. The van der Waals surface area contributed by atoms with Crippen LogP contribution in [0.4, 0.5) is 0 Å². The molecule has 3 nitrogen and oxygen atoms in total. The lowest BCUT2D eigenvalue weighted by atomic mass is 9.59. The van der Waals surface area contributed by atoms with Crippen LogP contribution in [0, 0.1) is 29.6 Å². The van der Waals surface area contributed by atoms with Gasteiger partial charge < -0.3 is 5.11 Å². The lowest BCUT2D eigenvalue weighted by Gasteiger charge is -2.44. The van der Waals surface area contributed by atoms with E-state index < -0.39 is 5.97 Å². The number of rotatable bonds is 2. The van der Waals surface area contributed by atoms with E-state index in [-0.39, 0.29) is 29.5 Å². The highest BCUT2D eigenvalue weighted by atomic mass is 16.4. The van der Waals surface area contributed by atoms with Crippen LogP contribution in [0.2, 0.25) is 0 Å². The minimum atomic E-state index is -0.729. The Hall–Kier alpha value is -1.12. The van der Waals surface area contributed by atoms with Gasteiger partial charge in [0.05, 0.1) is 5.92 Å². The maximum Gasteiger partial charge on any atom is 0.306 e. The average Bonchev–Trinajstić information content (AvgIpc) is 2.27. The van der Waals surface area contributed by atoms with E-state index in [0.29, 0.717) is 5.92 Å². The molecule has 18 heavy (non-hydrogen) atoms. The van der Waals surface area contributed by atoms with Gasteiger partial charge >= 0.3 is 5.97 Å². The van der Waals surface area contributed by atoms with Gasteiger partial charge in [-0.15, -0.1) is 0 Å². The third kappa shape index (κ3) is 2.23. The van der Waals surface area contributed by atoms with Gasteiger partial charge in [0.2, 0.25) is 0 Å². The van der Waals surface area contributed by atoms with Crippen molar-refractivity contribution in [3.63, 3.8) is 0 Å². The Morgan fingerprint density at radius 2 is 2.11 bits per heavy atom. The Morgan fingerprint density at radius 1 is 1.44 bits per heavy atom. The summed E-state index contributed by atoms with van der Waals surface area (Å²) in [5, 5.41) is 9.22. The number of fused-ring (bicyclic) bond motifs is 1. The first kappa shape index (κ1) is 13.3. The van der Waals surface area contributed by atoms with Crippen molar-refractivity contribution < 1.29 is 14.7 Å². The van der Waals surface area contributed by atoms with E-state index in [1.54, 1.807) is 13.0 Å². The van der Waals surface area contributed by atoms with Crippen molar-refractivity contribution in [2.24, 2.45) is 29.6 Å². The molecule has 1 saturated carbocycles. The number of hydrogen-bond donors (Lipinski definition) is 1. The van der Waals surface area contributed by atoms with Crippen LogP contribution in [0.25, 0.3) is 0 Å². The monoisotopic (exact) mass is 251 g/mol. The summed E-state index contributed by atoms with van der Waals surface area (Å²) in [5.74, 6) is -0.0257. The molecule has 1 fully saturated rings. The molecule has 0 heterocycles. The van der Waals surface area contributed by atoms with Gasteiger partial charge in [0, 0.05) is 5.92 Å². The van der Waals surface area contributed by atoms with E-state index >= 15 is 0 Å². The molecule has 100 valence electrons. The van der Waals surface area contributed by atoms with Gasteiger partial charge in [0.15, 0.2) is 5.78 Å². The number of ketones is 1. The molecule has 2 aliphatic rings. The van der Waals surface area contributed by atoms with E-state index in [0.717, 1.165) is 24.8 Å². The van der Waals surface area contributed by atoms with Gasteiger partial charge in [-0.25, -0.2) is 0 Å². The predicted octanol–water partition coefficient (Wildman–Crippen LogP) is 2.90. The van der Waals surface area contributed by atoms with Crippen molar-refractivity contribution in [1.29, 1.82) is 0 Å². The molecule has 0 spiro atoms. The fraction of sp³-hybridized carbons (Fsp3) is 0.733. The molecule has 0 radical (unpaired) electrons. The number of hydrogen-bond acceptors (Lipinski definition) is 2. The topological polar surface area (TPSA) is 54.4 Å². The highest BCUT2D eigenvalue weighted by molar-refractivity contribution is 5.93. The Balaban J connectivity index is 2.29. The SMILES string of the molecule is C[C@@H]1CC[C@@H]([C@@H](C)C(=O)O)[C@H]2CC([13CH3])=CC(=O)[C@H]21.